The molecular formula is C30H25FN4O2. The number of amides is 2. The Kier molecular flexibility index (Phi) is 4.78. The van der Waals surface area contributed by atoms with Crippen LogP contribution in [-0.4, -0.2) is 52.6 Å². The lowest BCUT2D eigenvalue weighted by Crippen LogP contribution is -2.55. The number of fused-ring (bicyclic) bond motifs is 1. The first-order valence-electron chi connectivity index (χ1n) is 12.9. The van der Waals surface area contributed by atoms with Crippen LogP contribution in [0.3, 0.4) is 0 Å². The number of benzene rings is 3. The first kappa shape index (κ1) is 22.2. The van der Waals surface area contributed by atoms with E-state index < -0.39 is 11.4 Å². The number of hydrogen-bond donors (Lipinski definition) is 0. The number of carbonyl (C=O) groups is 2. The van der Waals surface area contributed by atoms with E-state index in [1.165, 1.54) is 6.07 Å². The summed E-state index contributed by atoms with van der Waals surface area (Å²) in [6.45, 7) is 1.76. The van der Waals surface area contributed by atoms with Crippen LogP contribution >= 0.6 is 0 Å². The van der Waals surface area contributed by atoms with Gasteiger partial charge in [-0.25, -0.2) is 4.39 Å². The smallest absolute Gasteiger partial charge is 0.256 e. The highest BCUT2D eigenvalue weighted by molar-refractivity contribution is 6.16. The van der Waals surface area contributed by atoms with Gasteiger partial charge in [-0.2, -0.15) is 5.26 Å². The highest BCUT2D eigenvalue weighted by atomic mass is 19.1. The van der Waals surface area contributed by atoms with E-state index in [0.717, 1.165) is 34.7 Å². The largest absolute Gasteiger partial charge is 0.342 e. The summed E-state index contributed by atoms with van der Waals surface area (Å²) in [7, 11) is 0. The van der Waals surface area contributed by atoms with Crippen LogP contribution in [0, 0.1) is 29.0 Å². The molecule has 1 spiro atoms. The number of likely N-dealkylation sites (tertiary alicyclic amines) is 1. The number of carbonyl (C=O) groups excluding carboxylic acids is 2. The predicted molar refractivity (Wildman–Crippen MR) is 137 cm³/mol. The Morgan fingerprint density at radius 1 is 1.03 bits per heavy atom. The fourth-order valence-electron chi connectivity index (χ4n) is 5.56. The molecule has 2 saturated carbocycles. The minimum atomic E-state index is -0.718. The molecule has 3 aromatic rings. The van der Waals surface area contributed by atoms with Gasteiger partial charge in [0.25, 0.3) is 5.91 Å². The highest BCUT2D eigenvalue weighted by Gasteiger charge is 2.58. The molecule has 37 heavy (non-hydrogen) atoms. The van der Waals surface area contributed by atoms with Gasteiger partial charge in [-0.05, 0) is 77.9 Å². The van der Waals surface area contributed by atoms with E-state index in [1.807, 2.05) is 41.3 Å². The molecule has 2 heterocycles. The van der Waals surface area contributed by atoms with Crippen LogP contribution in [0.5, 0.6) is 0 Å². The lowest BCUT2D eigenvalue weighted by molar-refractivity contribution is -0.139. The second-order valence-corrected chi connectivity index (χ2v) is 10.8. The Balaban J connectivity index is 1.15. The predicted octanol–water partition coefficient (Wildman–Crippen LogP) is 4.51. The van der Waals surface area contributed by atoms with Crippen molar-refractivity contribution in [2.75, 3.05) is 19.6 Å². The Morgan fingerprint density at radius 3 is 2.46 bits per heavy atom. The molecule has 1 saturated heterocycles. The molecule has 0 unspecified atom stereocenters. The zero-order valence-electron chi connectivity index (χ0n) is 20.3. The molecule has 7 rings (SSSR count). The summed E-state index contributed by atoms with van der Waals surface area (Å²) in [6, 6.07) is 18.6. The van der Waals surface area contributed by atoms with Crippen LogP contribution in [0.2, 0.25) is 0 Å². The van der Waals surface area contributed by atoms with E-state index >= 15 is 4.39 Å². The normalized spacial score (nSPS) is 20.2. The molecule has 3 fully saturated rings. The number of nitriles is 1. The fourth-order valence-corrected chi connectivity index (χ4v) is 5.56. The van der Waals surface area contributed by atoms with Gasteiger partial charge in [0, 0.05) is 31.5 Å². The monoisotopic (exact) mass is 492 g/mol. The zero-order valence-corrected chi connectivity index (χ0v) is 20.3. The van der Waals surface area contributed by atoms with Crippen LogP contribution in [0.4, 0.5) is 4.39 Å². The summed E-state index contributed by atoms with van der Waals surface area (Å²) in [5.41, 5.74) is 1.76. The van der Waals surface area contributed by atoms with E-state index in [2.05, 4.69) is 6.07 Å². The zero-order chi connectivity index (χ0) is 25.3. The summed E-state index contributed by atoms with van der Waals surface area (Å²) >= 11 is 0. The van der Waals surface area contributed by atoms with Crippen LogP contribution in [-0.2, 0) is 9.59 Å². The first-order chi connectivity index (χ1) is 17.9. The summed E-state index contributed by atoms with van der Waals surface area (Å²) in [4.78, 5) is 33.8. The standard InChI is InChI=1S/C30H25FN4O2/c31-26-13-23(22-6-3-20-2-1-18(14-32)11-24(20)12-22)7-8-25(26)27-33-30(9-10-30)29(37)35(27)17-19-15-34(16-19)28(36)21-4-5-21/h1-3,6-8,11-13,19,21H,4-5,9-10,15-17H2. The van der Waals surface area contributed by atoms with Gasteiger partial charge in [-0.15, -0.1) is 0 Å². The van der Waals surface area contributed by atoms with Crippen molar-refractivity contribution < 1.29 is 14.0 Å². The molecule has 3 aromatic carbocycles. The number of amidine groups is 1. The topological polar surface area (TPSA) is 76.8 Å². The third-order valence-electron chi connectivity index (χ3n) is 8.09. The van der Waals surface area contributed by atoms with Gasteiger partial charge in [0.1, 0.15) is 17.2 Å². The number of hydrogen-bond acceptors (Lipinski definition) is 4. The molecule has 2 aliphatic heterocycles. The average molecular weight is 493 g/mol. The third kappa shape index (κ3) is 3.71. The fraction of sp³-hybridized carbons (Fsp3) is 0.333. The second kappa shape index (κ2) is 7.97. The summed E-state index contributed by atoms with van der Waals surface area (Å²) in [6.07, 6.45) is 3.37. The van der Waals surface area contributed by atoms with Crippen molar-refractivity contribution in [2.45, 2.75) is 31.2 Å². The lowest BCUT2D eigenvalue weighted by atomic mass is 9.97. The van der Waals surface area contributed by atoms with E-state index in [9.17, 15) is 14.9 Å². The number of halogens is 1. The maximum absolute atomic E-state index is 15.6. The maximum atomic E-state index is 15.6. The van der Waals surface area contributed by atoms with Crippen molar-refractivity contribution in [3.8, 4) is 17.2 Å². The molecular weight excluding hydrogens is 467 g/mol. The number of aliphatic imine (C=N–C) groups is 1. The van der Waals surface area contributed by atoms with E-state index in [0.29, 0.717) is 49.4 Å². The number of nitrogens with zero attached hydrogens (tertiary/aromatic N) is 4. The van der Waals surface area contributed by atoms with Crippen LogP contribution in [0.1, 0.15) is 36.8 Å². The molecule has 0 N–H and O–H groups in total. The van der Waals surface area contributed by atoms with Crippen molar-refractivity contribution in [1.82, 2.24) is 9.80 Å². The van der Waals surface area contributed by atoms with Crippen molar-refractivity contribution in [1.29, 1.82) is 5.26 Å². The Labute approximate surface area is 214 Å². The van der Waals surface area contributed by atoms with Crippen LogP contribution in [0.15, 0.2) is 59.6 Å². The second-order valence-electron chi connectivity index (χ2n) is 10.8. The summed E-state index contributed by atoms with van der Waals surface area (Å²) in [5.74, 6) is 0.567. The quantitative estimate of drug-likeness (QED) is 0.526. The Morgan fingerprint density at radius 2 is 1.76 bits per heavy atom. The summed E-state index contributed by atoms with van der Waals surface area (Å²) < 4.78 is 15.6. The van der Waals surface area contributed by atoms with Gasteiger partial charge < -0.3 is 4.90 Å². The first-order valence-corrected chi connectivity index (χ1v) is 12.9. The molecule has 2 amide bonds. The molecule has 184 valence electrons. The number of rotatable bonds is 5. The lowest BCUT2D eigenvalue weighted by Gasteiger charge is -2.41. The highest BCUT2D eigenvalue weighted by Crippen LogP contribution is 2.46. The molecule has 7 heteroatoms. The molecule has 0 radical (unpaired) electrons. The van der Waals surface area contributed by atoms with Gasteiger partial charge in [-0.1, -0.05) is 24.3 Å². The van der Waals surface area contributed by atoms with Crippen molar-refractivity contribution >= 4 is 28.4 Å². The van der Waals surface area contributed by atoms with Crippen LogP contribution < -0.4 is 0 Å². The molecule has 4 aliphatic rings. The average Bonchev–Trinajstić information content (AvgIpc) is 3.81. The van der Waals surface area contributed by atoms with Crippen LogP contribution in [0.25, 0.3) is 21.9 Å². The molecule has 0 atom stereocenters. The van der Waals surface area contributed by atoms with Gasteiger partial charge in [-0.3, -0.25) is 19.5 Å². The minimum Gasteiger partial charge on any atom is -0.342 e. The third-order valence-corrected chi connectivity index (χ3v) is 8.09. The van der Waals surface area contributed by atoms with Crippen molar-refractivity contribution in [3.05, 3.63) is 71.5 Å². The Hall–Kier alpha value is -4.05. The van der Waals surface area contributed by atoms with Crippen molar-refractivity contribution in [2.24, 2.45) is 16.8 Å². The van der Waals surface area contributed by atoms with Gasteiger partial charge in [0.2, 0.25) is 5.91 Å². The minimum absolute atomic E-state index is 0.0410. The van der Waals surface area contributed by atoms with Gasteiger partial charge >= 0.3 is 0 Å². The summed E-state index contributed by atoms with van der Waals surface area (Å²) in [5, 5.41) is 11.1. The SMILES string of the molecule is N#Cc1ccc2ccc(-c3ccc(C4=NC5(CC5)C(=O)N4CC4CN(C(=O)C5CC5)C4)c(F)c3)cc2c1. The van der Waals surface area contributed by atoms with Gasteiger partial charge in [0.15, 0.2) is 0 Å². The van der Waals surface area contributed by atoms with Crippen molar-refractivity contribution in [3.63, 3.8) is 0 Å². The Bertz CT molecular complexity index is 1560. The molecule has 0 bridgehead atoms. The molecule has 6 nitrogen and oxygen atoms in total. The van der Waals surface area contributed by atoms with E-state index in [4.69, 9.17) is 4.99 Å². The van der Waals surface area contributed by atoms with E-state index in [1.54, 1.807) is 17.0 Å². The van der Waals surface area contributed by atoms with Gasteiger partial charge in [0.05, 0.1) is 17.2 Å². The molecule has 2 aliphatic carbocycles. The maximum Gasteiger partial charge on any atom is 0.256 e. The molecule has 0 aromatic heterocycles. The van der Waals surface area contributed by atoms with E-state index in [-0.39, 0.29) is 23.7 Å².